The molecule has 0 bridgehead atoms. The maximum atomic E-state index is 14.8. The van der Waals surface area contributed by atoms with Crippen LogP contribution in [0.2, 0.25) is 0 Å². The Balaban J connectivity index is 1.64. The van der Waals surface area contributed by atoms with Gasteiger partial charge in [-0.25, -0.2) is 22.0 Å². The predicted molar refractivity (Wildman–Crippen MR) is 121 cm³/mol. The van der Waals surface area contributed by atoms with Gasteiger partial charge in [0.25, 0.3) is 0 Å². The molecule has 2 aromatic rings. The number of ether oxygens (including phenoxy) is 1. The van der Waals surface area contributed by atoms with E-state index in [2.05, 4.69) is 6.08 Å². The fourth-order valence-electron chi connectivity index (χ4n) is 4.55. The number of alkyl halides is 2. The van der Waals surface area contributed by atoms with Gasteiger partial charge < -0.3 is 4.74 Å². The number of halogens is 5. The molecule has 0 spiro atoms. The number of allylic oxidation sites excluding steroid dienone is 2. The summed E-state index contributed by atoms with van der Waals surface area (Å²) in [5, 5.41) is 0. The lowest BCUT2D eigenvalue weighted by Gasteiger charge is -2.28. The van der Waals surface area contributed by atoms with Crippen LogP contribution in [0.15, 0.2) is 42.5 Å². The molecule has 0 heterocycles. The number of hydrogen-bond donors (Lipinski definition) is 0. The maximum Gasteiger partial charge on any atom is 0.169 e. The molecule has 1 aliphatic carbocycles. The van der Waals surface area contributed by atoms with Crippen LogP contribution in [0.4, 0.5) is 22.0 Å². The van der Waals surface area contributed by atoms with Crippen molar-refractivity contribution in [3.63, 3.8) is 0 Å². The molecule has 1 saturated carbocycles. The smallest absolute Gasteiger partial charge is 0.169 e. The number of hydrogen-bond acceptors (Lipinski definition) is 1. The molecule has 1 fully saturated rings. The van der Waals surface area contributed by atoms with Crippen molar-refractivity contribution in [1.82, 2.24) is 0 Å². The Bertz CT molecular complexity index is 950. The van der Waals surface area contributed by atoms with Crippen LogP contribution in [0.25, 0.3) is 0 Å². The van der Waals surface area contributed by atoms with Crippen molar-refractivity contribution in [3.05, 3.63) is 76.6 Å². The quantitative estimate of drug-likeness (QED) is 0.267. The highest BCUT2D eigenvalue weighted by molar-refractivity contribution is 5.32. The summed E-state index contributed by atoms with van der Waals surface area (Å²) in [5.74, 6) is -2.58. The van der Waals surface area contributed by atoms with Gasteiger partial charge in [0.1, 0.15) is 18.2 Å². The highest BCUT2D eigenvalue weighted by Crippen LogP contribution is 2.39. The molecule has 0 saturated heterocycles. The predicted octanol–water partition coefficient (Wildman–Crippen LogP) is 8.33. The molecule has 2 aromatic carbocycles. The normalized spacial score (nSPS) is 20.7. The van der Waals surface area contributed by atoms with Crippen LogP contribution in [0, 0.1) is 23.4 Å². The van der Waals surface area contributed by atoms with Crippen LogP contribution in [0.5, 0.6) is 5.75 Å². The van der Waals surface area contributed by atoms with E-state index in [1.54, 1.807) is 0 Å². The third kappa shape index (κ3) is 6.15. The average Bonchev–Trinajstić information content (AvgIpc) is 2.81. The Hall–Kier alpha value is -2.37. The zero-order valence-electron chi connectivity index (χ0n) is 19.1. The summed E-state index contributed by atoms with van der Waals surface area (Å²) < 4.78 is 77.7. The summed E-state index contributed by atoms with van der Waals surface area (Å²) in [7, 11) is 0. The minimum Gasteiger partial charge on any atom is -0.490 e. The molecular weight excluding hydrogens is 435 g/mol. The molecule has 2 unspecified atom stereocenters. The third-order valence-corrected chi connectivity index (χ3v) is 6.39. The van der Waals surface area contributed by atoms with E-state index >= 15 is 0 Å². The van der Waals surface area contributed by atoms with E-state index in [0.717, 1.165) is 44.2 Å². The average molecular weight is 467 g/mol. The summed E-state index contributed by atoms with van der Waals surface area (Å²) >= 11 is 0. The highest BCUT2D eigenvalue weighted by Gasteiger charge is 2.31. The standard InChI is InChI=1S/C27H31F5O/c1-3-5-17-7-9-18(10-8-17)21-13-14-22(27(32)26(21)31)25(30)24(29)16-33-20-12-11-19(6-4-2)23(28)15-20/h3,5,11-15,17-18,24-25H,4,6-10,16H2,1-2H3/b5-3+. The van der Waals surface area contributed by atoms with Gasteiger partial charge in [-0.05, 0) is 68.1 Å². The molecule has 0 N–H and O–H groups in total. The zero-order valence-corrected chi connectivity index (χ0v) is 19.1. The minimum atomic E-state index is -2.40. The Morgan fingerprint density at radius 3 is 2.36 bits per heavy atom. The van der Waals surface area contributed by atoms with Gasteiger partial charge >= 0.3 is 0 Å². The Morgan fingerprint density at radius 1 is 1.00 bits per heavy atom. The monoisotopic (exact) mass is 466 g/mol. The van der Waals surface area contributed by atoms with Gasteiger partial charge in [-0.1, -0.05) is 43.7 Å². The van der Waals surface area contributed by atoms with Gasteiger partial charge in [0.2, 0.25) is 0 Å². The fraction of sp³-hybridized carbons (Fsp3) is 0.481. The van der Waals surface area contributed by atoms with Crippen molar-refractivity contribution in [2.24, 2.45) is 5.92 Å². The maximum absolute atomic E-state index is 14.8. The fourth-order valence-corrected chi connectivity index (χ4v) is 4.55. The second kappa shape index (κ2) is 11.7. The van der Waals surface area contributed by atoms with E-state index in [4.69, 9.17) is 4.74 Å². The summed E-state index contributed by atoms with van der Waals surface area (Å²) in [5.41, 5.74) is 0.0640. The first-order valence-electron chi connectivity index (χ1n) is 11.7. The van der Waals surface area contributed by atoms with Crippen LogP contribution in [-0.2, 0) is 6.42 Å². The number of aryl methyl sites for hydroxylation is 1. The Labute approximate surface area is 192 Å². The van der Waals surface area contributed by atoms with Gasteiger partial charge in [0, 0.05) is 11.6 Å². The van der Waals surface area contributed by atoms with Crippen molar-refractivity contribution in [2.75, 3.05) is 6.61 Å². The molecular formula is C27H31F5O. The summed E-state index contributed by atoms with van der Waals surface area (Å²) in [6.07, 6.45) is 4.02. The molecule has 0 aliphatic heterocycles. The van der Waals surface area contributed by atoms with E-state index in [9.17, 15) is 22.0 Å². The molecule has 3 rings (SSSR count). The first-order valence-corrected chi connectivity index (χ1v) is 11.7. The molecule has 1 aliphatic rings. The lowest BCUT2D eigenvalue weighted by Crippen LogP contribution is -2.21. The van der Waals surface area contributed by atoms with Crippen molar-refractivity contribution in [1.29, 1.82) is 0 Å². The topological polar surface area (TPSA) is 9.23 Å². The minimum absolute atomic E-state index is 0.0534. The molecule has 2 atom stereocenters. The summed E-state index contributed by atoms with van der Waals surface area (Å²) in [6, 6.07) is 6.63. The van der Waals surface area contributed by atoms with Crippen LogP contribution < -0.4 is 4.74 Å². The molecule has 6 heteroatoms. The summed E-state index contributed by atoms with van der Waals surface area (Å²) in [6.45, 7) is 3.13. The van der Waals surface area contributed by atoms with Crippen LogP contribution >= 0.6 is 0 Å². The third-order valence-electron chi connectivity index (χ3n) is 6.39. The molecule has 0 amide bonds. The first kappa shape index (κ1) is 25.3. The van der Waals surface area contributed by atoms with Gasteiger partial charge in [-0.15, -0.1) is 0 Å². The second-order valence-corrected chi connectivity index (χ2v) is 8.74. The van der Waals surface area contributed by atoms with E-state index in [1.807, 2.05) is 19.9 Å². The van der Waals surface area contributed by atoms with Crippen molar-refractivity contribution >= 4 is 0 Å². The second-order valence-electron chi connectivity index (χ2n) is 8.74. The van der Waals surface area contributed by atoms with Crippen LogP contribution in [0.3, 0.4) is 0 Å². The first-order chi connectivity index (χ1) is 15.8. The van der Waals surface area contributed by atoms with Crippen molar-refractivity contribution in [3.8, 4) is 5.75 Å². The highest BCUT2D eigenvalue weighted by atomic mass is 19.2. The lowest BCUT2D eigenvalue weighted by molar-refractivity contribution is 0.106. The van der Waals surface area contributed by atoms with E-state index in [-0.39, 0.29) is 17.2 Å². The lowest BCUT2D eigenvalue weighted by atomic mass is 9.78. The van der Waals surface area contributed by atoms with Crippen LogP contribution in [0.1, 0.15) is 74.7 Å². The van der Waals surface area contributed by atoms with E-state index in [1.165, 1.54) is 18.2 Å². The molecule has 0 aromatic heterocycles. The molecule has 180 valence electrons. The molecule has 0 radical (unpaired) electrons. The van der Waals surface area contributed by atoms with Crippen LogP contribution in [-0.4, -0.2) is 12.8 Å². The number of rotatable bonds is 9. The molecule has 1 nitrogen and oxygen atoms in total. The Morgan fingerprint density at radius 2 is 1.73 bits per heavy atom. The van der Waals surface area contributed by atoms with Gasteiger partial charge in [0.15, 0.2) is 24.0 Å². The number of benzene rings is 2. The van der Waals surface area contributed by atoms with Gasteiger partial charge in [-0.2, -0.15) is 0 Å². The van der Waals surface area contributed by atoms with Gasteiger partial charge in [-0.3, -0.25) is 0 Å². The van der Waals surface area contributed by atoms with Crippen molar-refractivity contribution in [2.45, 2.75) is 70.6 Å². The van der Waals surface area contributed by atoms with Crippen molar-refractivity contribution < 1.29 is 26.7 Å². The van der Waals surface area contributed by atoms with E-state index < -0.39 is 42.0 Å². The Kier molecular flexibility index (Phi) is 8.93. The van der Waals surface area contributed by atoms with E-state index in [0.29, 0.717) is 17.9 Å². The SMILES string of the molecule is C/C=C/C1CCC(c2ccc(C(F)C(F)COc3ccc(CCC)c(F)c3)c(F)c2F)CC1. The van der Waals surface area contributed by atoms with Gasteiger partial charge in [0.05, 0.1) is 0 Å². The summed E-state index contributed by atoms with van der Waals surface area (Å²) in [4.78, 5) is 0. The largest absolute Gasteiger partial charge is 0.490 e. The zero-order chi connectivity index (χ0) is 24.0. The molecule has 33 heavy (non-hydrogen) atoms.